The lowest BCUT2D eigenvalue weighted by atomic mass is 9.78. The molecule has 3 aliphatic rings. The summed E-state index contributed by atoms with van der Waals surface area (Å²) >= 11 is 0. The van der Waals surface area contributed by atoms with Crippen molar-refractivity contribution < 1.29 is 4.79 Å². The lowest BCUT2D eigenvalue weighted by Gasteiger charge is -2.42. The van der Waals surface area contributed by atoms with Gasteiger partial charge in [0.2, 0.25) is 0 Å². The Morgan fingerprint density at radius 1 is 1.15 bits per heavy atom. The number of aromatic nitrogens is 1. The van der Waals surface area contributed by atoms with Crippen molar-refractivity contribution in [2.24, 2.45) is 17.1 Å². The Kier molecular flexibility index (Phi) is 5.16. The van der Waals surface area contributed by atoms with Gasteiger partial charge in [0, 0.05) is 37.8 Å². The number of carbonyl (C=O) groups is 1. The van der Waals surface area contributed by atoms with Crippen LogP contribution in [0.2, 0.25) is 0 Å². The molecule has 0 unspecified atom stereocenters. The first-order chi connectivity index (χ1) is 12.7. The van der Waals surface area contributed by atoms with Crippen LogP contribution in [-0.2, 0) is 0 Å². The quantitative estimate of drug-likeness (QED) is 0.901. The summed E-state index contributed by atoms with van der Waals surface area (Å²) in [5, 5.41) is 0. The van der Waals surface area contributed by atoms with Crippen molar-refractivity contribution in [2.75, 3.05) is 37.6 Å². The predicted octanol–water partition coefficient (Wildman–Crippen LogP) is 3.05. The van der Waals surface area contributed by atoms with E-state index < -0.39 is 0 Å². The van der Waals surface area contributed by atoms with Gasteiger partial charge in [0.05, 0.1) is 5.56 Å². The summed E-state index contributed by atoms with van der Waals surface area (Å²) in [6, 6.07) is 3.59. The first-order valence-corrected chi connectivity index (χ1v) is 10.4. The number of nitrogens with two attached hydrogens (primary N) is 1. The molecule has 2 N–H and O–H groups in total. The molecule has 0 radical (unpaired) electrons. The third-order valence-corrected chi connectivity index (χ3v) is 6.77. The Bertz CT molecular complexity index is 643. The summed E-state index contributed by atoms with van der Waals surface area (Å²) < 4.78 is 0. The number of nitrogens with zero attached hydrogens (tertiary/aromatic N) is 3. The van der Waals surface area contributed by atoms with Crippen molar-refractivity contribution in [3.63, 3.8) is 0 Å². The molecule has 1 saturated carbocycles. The summed E-state index contributed by atoms with van der Waals surface area (Å²) in [5.41, 5.74) is 6.48. The molecule has 142 valence electrons. The van der Waals surface area contributed by atoms with Gasteiger partial charge in [-0.25, -0.2) is 4.98 Å². The molecule has 0 aromatic carbocycles. The highest BCUT2D eigenvalue weighted by molar-refractivity contribution is 5.97. The molecule has 1 aromatic heterocycles. The summed E-state index contributed by atoms with van der Waals surface area (Å²) in [4.78, 5) is 21.3. The fraction of sp³-hybridized carbons (Fsp3) is 0.714. The van der Waals surface area contributed by atoms with E-state index >= 15 is 0 Å². The van der Waals surface area contributed by atoms with Gasteiger partial charge in [0.1, 0.15) is 5.82 Å². The van der Waals surface area contributed by atoms with Gasteiger partial charge in [-0.15, -0.1) is 0 Å². The fourth-order valence-electron chi connectivity index (χ4n) is 5.49. The number of anilines is 1. The van der Waals surface area contributed by atoms with E-state index in [9.17, 15) is 4.79 Å². The minimum atomic E-state index is -0.378. The van der Waals surface area contributed by atoms with E-state index in [1.54, 1.807) is 18.3 Å². The Balaban J connectivity index is 1.42. The van der Waals surface area contributed by atoms with Gasteiger partial charge in [-0.2, -0.15) is 0 Å². The maximum atomic E-state index is 11.8. The Morgan fingerprint density at radius 2 is 2.00 bits per heavy atom. The number of amides is 1. The summed E-state index contributed by atoms with van der Waals surface area (Å²) in [5.74, 6) is 1.31. The van der Waals surface area contributed by atoms with Crippen molar-refractivity contribution >= 4 is 11.7 Å². The highest BCUT2D eigenvalue weighted by Gasteiger charge is 2.42. The first kappa shape index (κ1) is 17.8. The number of rotatable bonds is 4. The monoisotopic (exact) mass is 356 g/mol. The lowest BCUT2D eigenvalue weighted by molar-refractivity contribution is 0.0838. The van der Waals surface area contributed by atoms with Gasteiger partial charge in [-0.3, -0.25) is 4.79 Å². The largest absolute Gasteiger partial charge is 0.365 e. The third-order valence-electron chi connectivity index (χ3n) is 6.77. The zero-order valence-corrected chi connectivity index (χ0v) is 15.8. The highest BCUT2D eigenvalue weighted by Crippen LogP contribution is 2.41. The number of hydrogen-bond acceptors (Lipinski definition) is 4. The Labute approximate surface area is 156 Å². The maximum Gasteiger partial charge on any atom is 0.252 e. The first-order valence-electron chi connectivity index (χ1n) is 10.4. The molecule has 0 bridgehead atoms. The molecule has 1 aliphatic carbocycles. The molecule has 1 spiro atoms. The third kappa shape index (κ3) is 3.73. The van der Waals surface area contributed by atoms with E-state index in [0.29, 0.717) is 11.0 Å². The molecule has 4 rings (SSSR count). The molecular weight excluding hydrogens is 324 g/mol. The molecule has 5 heteroatoms. The Morgan fingerprint density at radius 3 is 2.81 bits per heavy atom. The molecule has 1 aromatic rings. The number of hydrogen-bond donors (Lipinski definition) is 1. The van der Waals surface area contributed by atoms with Crippen molar-refractivity contribution in [1.29, 1.82) is 0 Å². The van der Waals surface area contributed by atoms with E-state index in [4.69, 9.17) is 5.73 Å². The fourth-order valence-corrected chi connectivity index (χ4v) is 5.49. The molecule has 1 amide bonds. The van der Waals surface area contributed by atoms with Crippen LogP contribution in [0.1, 0.15) is 61.7 Å². The van der Waals surface area contributed by atoms with Crippen LogP contribution in [0.5, 0.6) is 0 Å². The van der Waals surface area contributed by atoms with E-state index in [-0.39, 0.29) is 5.91 Å². The van der Waals surface area contributed by atoms with Crippen molar-refractivity contribution in [3.8, 4) is 0 Å². The van der Waals surface area contributed by atoms with Crippen LogP contribution in [0.3, 0.4) is 0 Å². The lowest BCUT2D eigenvalue weighted by Crippen LogP contribution is -2.46. The number of carbonyl (C=O) groups excluding carboxylic acids is 1. The molecule has 26 heavy (non-hydrogen) atoms. The van der Waals surface area contributed by atoms with E-state index in [1.165, 1.54) is 71.0 Å². The SMILES string of the molecule is NC(=O)c1cccnc1N1CC[C@]2(CCCN(CC3CCCCC3)C2)C1. The molecule has 5 nitrogen and oxygen atoms in total. The maximum absolute atomic E-state index is 11.8. The molecule has 3 fully saturated rings. The highest BCUT2D eigenvalue weighted by atomic mass is 16.1. The van der Waals surface area contributed by atoms with Crippen molar-refractivity contribution in [3.05, 3.63) is 23.9 Å². The van der Waals surface area contributed by atoms with Gasteiger partial charge < -0.3 is 15.5 Å². The molecule has 1 atom stereocenters. The van der Waals surface area contributed by atoms with Crippen LogP contribution in [0.4, 0.5) is 5.82 Å². The van der Waals surface area contributed by atoms with Gasteiger partial charge >= 0.3 is 0 Å². The van der Waals surface area contributed by atoms with Crippen LogP contribution < -0.4 is 10.6 Å². The van der Waals surface area contributed by atoms with Crippen LogP contribution in [0.15, 0.2) is 18.3 Å². The van der Waals surface area contributed by atoms with Gasteiger partial charge in [0.25, 0.3) is 5.91 Å². The van der Waals surface area contributed by atoms with Crippen LogP contribution in [-0.4, -0.2) is 48.5 Å². The molecule has 3 heterocycles. The number of likely N-dealkylation sites (tertiary alicyclic amines) is 1. The van der Waals surface area contributed by atoms with Crippen LogP contribution >= 0.6 is 0 Å². The second kappa shape index (κ2) is 7.55. The molecule has 2 saturated heterocycles. The predicted molar refractivity (Wildman–Crippen MR) is 104 cm³/mol. The normalized spacial score (nSPS) is 27.9. The molecular formula is C21H32N4O. The zero-order valence-electron chi connectivity index (χ0n) is 15.8. The van der Waals surface area contributed by atoms with Gasteiger partial charge in [-0.05, 0) is 56.7 Å². The zero-order chi connectivity index (χ0) is 18.0. The van der Waals surface area contributed by atoms with E-state index in [1.807, 2.05) is 0 Å². The van der Waals surface area contributed by atoms with Crippen LogP contribution in [0, 0.1) is 11.3 Å². The summed E-state index contributed by atoms with van der Waals surface area (Å²) in [6.07, 6.45) is 12.7. The number of primary amides is 1. The number of pyridine rings is 1. The standard InChI is InChI=1S/C21H32N4O/c22-19(26)18-8-4-11-23-20(18)25-13-10-21(16-25)9-5-12-24(15-21)14-17-6-2-1-3-7-17/h4,8,11,17H,1-3,5-7,9-10,12-16H2,(H2,22,26)/t21-/m0/s1. The van der Waals surface area contributed by atoms with Crippen LogP contribution in [0.25, 0.3) is 0 Å². The average Bonchev–Trinajstić information content (AvgIpc) is 3.05. The van der Waals surface area contributed by atoms with E-state index in [2.05, 4.69) is 14.8 Å². The minimum Gasteiger partial charge on any atom is -0.365 e. The second-order valence-electron chi connectivity index (χ2n) is 8.75. The van der Waals surface area contributed by atoms with Gasteiger partial charge in [-0.1, -0.05) is 19.3 Å². The number of piperidine rings is 1. The molecule has 2 aliphatic heterocycles. The topological polar surface area (TPSA) is 62.5 Å². The van der Waals surface area contributed by atoms with Crippen molar-refractivity contribution in [1.82, 2.24) is 9.88 Å². The Hall–Kier alpha value is -1.62. The second-order valence-corrected chi connectivity index (χ2v) is 8.75. The van der Waals surface area contributed by atoms with E-state index in [0.717, 1.165) is 24.8 Å². The summed E-state index contributed by atoms with van der Waals surface area (Å²) in [6.45, 7) is 5.74. The van der Waals surface area contributed by atoms with Gasteiger partial charge in [0.15, 0.2) is 0 Å². The minimum absolute atomic E-state index is 0.360. The average molecular weight is 357 g/mol. The van der Waals surface area contributed by atoms with Crippen molar-refractivity contribution in [2.45, 2.75) is 51.4 Å². The smallest absolute Gasteiger partial charge is 0.252 e. The summed E-state index contributed by atoms with van der Waals surface area (Å²) in [7, 11) is 0.